The fourth-order valence-corrected chi connectivity index (χ4v) is 7.06. The Balaban J connectivity index is 1.61. The molecule has 0 saturated carbocycles. The first-order chi connectivity index (χ1) is 15.7. The highest BCUT2D eigenvalue weighted by Gasteiger charge is 2.43. The number of hydrogen-bond donors (Lipinski definition) is 2. The second kappa shape index (κ2) is 9.48. The number of rotatable bonds is 7. The zero-order valence-corrected chi connectivity index (χ0v) is 19.2. The summed E-state index contributed by atoms with van der Waals surface area (Å²) in [4.78, 5) is 11.9. The number of carbonyl (C=O) groups is 1. The molecule has 0 bridgehead atoms. The van der Waals surface area contributed by atoms with E-state index in [-0.39, 0.29) is 36.4 Å². The Bertz CT molecular complexity index is 1120. The van der Waals surface area contributed by atoms with E-state index in [2.05, 4.69) is 5.32 Å². The van der Waals surface area contributed by atoms with Crippen LogP contribution in [0.1, 0.15) is 41.2 Å². The molecule has 2 saturated heterocycles. The summed E-state index contributed by atoms with van der Waals surface area (Å²) < 4.78 is 62.0. The molecule has 4 rings (SSSR count). The maximum Gasteiger partial charge on any atom is 0.225 e. The van der Waals surface area contributed by atoms with Crippen molar-refractivity contribution in [2.75, 3.05) is 19.8 Å². The smallest absolute Gasteiger partial charge is 0.225 e. The molecule has 178 valence electrons. The molecule has 2 aliphatic rings. The lowest BCUT2D eigenvalue weighted by Crippen LogP contribution is -2.53. The number of amides is 1. The van der Waals surface area contributed by atoms with Gasteiger partial charge in [0.05, 0.1) is 29.6 Å². The van der Waals surface area contributed by atoms with E-state index in [1.807, 2.05) is 6.07 Å². The summed E-state index contributed by atoms with van der Waals surface area (Å²) in [5, 5.41) is 1.50. The third kappa shape index (κ3) is 4.81. The second-order valence-corrected chi connectivity index (χ2v) is 11.3. The van der Waals surface area contributed by atoms with E-state index in [1.54, 1.807) is 31.2 Å². The maximum atomic E-state index is 15.1. The average molecular weight is 479 g/mol. The highest BCUT2D eigenvalue weighted by molar-refractivity contribution is 7.92. The summed E-state index contributed by atoms with van der Waals surface area (Å²) in [5.74, 6) is -3.13. The van der Waals surface area contributed by atoms with E-state index in [9.17, 15) is 13.2 Å². The van der Waals surface area contributed by atoms with Crippen molar-refractivity contribution in [3.8, 4) is 0 Å². The van der Waals surface area contributed by atoms with Gasteiger partial charge in [0, 0.05) is 24.1 Å². The van der Waals surface area contributed by atoms with Gasteiger partial charge in [0.25, 0.3) is 0 Å². The molecule has 2 fully saturated rings. The highest BCUT2D eigenvalue weighted by Crippen LogP contribution is 2.34. The van der Waals surface area contributed by atoms with E-state index in [4.69, 9.17) is 10.5 Å². The Morgan fingerprint density at radius 2 is 1.88 bits per heavy atom. The lowest BCUT2D eigenvalue weighted by atomic mass is 9.86. The topological polar surface area (TPSA) is 98.5 Å². The minimum atomic E-state index is -3.69. The number of ether oxygens (including phenoxy) is 1. The van der Waals surface area contributed by atoms with Crippen molar-refractivity contribution in [1.29, 1.82) is 0 Å². The molecule has 9 heteroatoms. The first-order valence-electron chi connectivity index (χ1n) is 11.0. The molecule has 0 aromatic heterocycles. The van der Waals surface area contributed by atoms with Crippen LogP contribution in [-0.4, -0.2) is 45.4 Å². The maximum absolute atomic E-state index is 15.1. The zero-order valence-electron chi connectivity index (χ0n) is 18.3. The van der Waals surface area contributed by atoms with Gasteiger partial charge in [0.2, 0.25) is 5.91 Å². The molecule has 1 amide bonds. The Morgan fingerprint density at radius 1 is 1.18 bits per heavy atom. The monoisotopic (exact) mass is 478 g/mol. The van der Waals surface area contributed by atoms with Gasteiger partial charge < -0.3 is 15.8 Å². The van der Waals surface area contributed by atoms with E-state index < -0.39 is 49.8 Å². The Kier molecular flexibility index (Phi) is 6.83. The number of carbonyl (C=O) groups excluding carboxylic acids is 1. The second-order valence-electron chi connectivity index (χ2n) is 8.99. The third-order valence-electron chi connectivity index (χ3n) is 6.75. The van der Waals surface area contributed by atoms with Crippen LogP contribution in [0, 0.1) is 17.6 Å². The lowest BCUT2D eigenvalue weighted by molar-refractivity contribution is -0.121. The van der Waals surface area contributed by atoms with Crippen LogP contribution in [0.3, 0.4) is 0 Å². The first-order valence-corrected chi connectivity index (χ1v) is 12.6. The summed E-state index contributed by atoms with van der Waals surface area (Å²) in [5.41, 5.74) is 5.99. The van der Waals surface area contributed by atoms with Gasteiger partial charge in [-0.1, -0.05) is 30.3 Å². The van der Waals surface area contributed by atoms with Crippen molar-refractivity contribution in [3.63, 3.8) is 0 Å². The Hall–Kier alpha value is -2.36. The van der Waals surface area contributed by atoms with Crippen molar-refractivity contribution < 1.29 is 26.7 Å². The van der Waals surface area contributed by atoms with Gasteiger partial charge in [-0.05, 0) is 43.0 Å². The predicted octanol–water partition coefficient (Wildman–Crippen LogP) is 2.63. The number of sulfone groups is 1. The van der Waals surface area contributed by atoms with E-state index >= 15 is 8.78 Å². The summed E-state index contributed by atoms with van der Waals surface area (Å²) in [7, 11) is -3.69. The van der Waals surface area contributed by atoms with Gasteiger partial charge >= 0.3 is 0 Å². The molecule has 2 aliphatic heterocycles. The van der Waals surface area contributed by atoms with Crippen molar-refractivity contribution >= 4 is 15.7 Å². The molecule has 2 heterocycles. The van der Waals surface area contributed by atoms with Crippen LogP contribution in [0.4, 0.5) is 8.78 Å². The quantitative estimate of drug-likeness (QED) is 0.638. The molecule has 4 atom stereocenters. The van der Waals surface area contributed by atoms with Crippen LogP contribution in [0.15, 0.2) is 42.5 Å². The summed E-state index contributed by atoms with van der Waals surface area (Å²) in [6, 6.07) is 10.4. The first kappa shape index (κ1) is 23.8. The summed E-state index contributed by atoms with van der Waals surface area (Å²) in [6.07, 6.45) is 0.0995. The molecule has 0 spiro atoms. The van der Waals surface area contributed by atoms with Gasteiger partial charge in [-0.3, -0.25) is 4.79 Å². The van der Waals surface area contributed by atoms with E-state index in [1.165, 1.54) is 0 Å². The van der Waals surface area contributed by atoms with Gasteiger partial charge in [-0.2, -0.15) is 0 Å². The molecule has 2 aromatic carbocycles. The number of primary amides is 1. The summed E-state index contributed by atoms with van der Waals surface area (Å²) >= 11 is 0. The molecule has 1 unspecified atom stereocenters. The van der Waals surface area contributed by atoms with Crippen molar-refractivity contribution in [3.05, 3.63) is 70.8 Å². The number of nitrogens with one attached hydrogen (secondary N) is 1. The fourth-order valence-electron chi connectivity index (χ4n) is 4.70. The fraction of sp³-hybridized carbons (Fsp3) is 0.458. The van der Waals surface area contributed by atoms with Crippen LogP contribution in [-0.2, 0) is 25.8 Å². The molecular weight excluding hydrogens is 450 g/mol. The molecule has 0 radical (unpaired) electrons. The Morgan fingerprint density at radius 3 is 2.48 bits per heavy atom. The van der Waals surface area contributed by atoms with Gasteiger partial charge in [-0.25, -0.2) is 17.2 Å². The predicted molar refractivity (Wildman–Crippen MR) is 120 cm³/mol. The third-order valence-corrected chi connectivity index (χ3v) is 9.41. The molecular formula is C24H28F2N2O4S. The van der Waals surface area contributed by atoms with Crippen LogP contribution in [0.25, 0.3) is 0 Å². The van der Waals surface area contributed by atoms with Crippen molar-refractivity contribution in [1.82, 2.24) is 5.32 Å². The minimum Gasteiger partial charge on any atom is -0.381 e. The lowest BCUT2D eigenvalue weighted by Gasteiger charge is -2.35. The number of halogens is 2. The molecule has 33 heavy (non-hydrogen) atoms. The molecule has 6 nitrogen and oxygen atoms in total. The SMILES string of the molecule is C[C@@H]1NC[C@@H](c2ccccc2)S(=O)(=O)C1Cc1cc(F)c([C@H](CC2COC2)C(N)=O)cc1F. The van der Waals surface area contributed by atoms with Gasteiger partial charge in [0.1, 0.15) is 11.6 Å². The minimum absolute atomic E-state index is 0.0395. The van der Waals surface area contributed by atoms with Crippen molar-refractivity contribution in [2.45, 2.75) is 42.2 Å². The van der Waals surface area contributed by atoms with E-state index in [0.717, 1.165) is 12.1 Å². The highest BCUT2D eigenvalue weighted by atomic mass is 32.2. The van der Waals surface area contributed by atoms with Gasteiger partial charge in [-0.15, -0.1) is 0 Å². The number of hydrogen-bond acceptors (Lipinski definition) is 5. The zero-order chi connectivity index (χ0) is 23.8. The summed E-state index contributed by atoms with van der Waals surface area (Å²) in [6.45, 7) is 2.90. The van der Waals surface area contributed by atoms with Gasteiger partial charge in [0.15, 0.2) is 9.84 Å². The van der Waals surface area contributed by atoms with Crippen LogP contribution in [0.2, 0.25) is 0 Å². The van der Waals surface area contributed by atoms with Crippen LogP contribution in [0.5, 0.6) is 0 Å². The molecule has 0 aliphatic carbocycles. The number of benzene rings is 2. The standard InChI is InChI=1S/C24H28F2N2O4S/c1-14-22(33(30,31)23(11-28-14)16-5-3-2-4-6-16)9-17-8-21(26)18(10-20(17)25)19(24(27)29)7-15-12-32-13-15/h2-6,8,10,14-15,19,22-23,28H,7,9,11-13H2,1H3,(H2,27,29)/t14-,19-,22?,23-/m0/s1. The molecule has 3 N–H and O–H groups in total. The molecule has 2 aromatic rings. The van der Waals surface area contributed by atoms with Crippen molar-refractivity contribution in [2.24, 2.45) is 11.7 Å². The number of nitrogens with two attached hydrogens (primary N) is 1. The average Bonchev–Trinajstić information content (AvgIpc) is 2.73. The van der Waals surface area contributed by atoms with Crippen LogP contribution < -0.4 is 11.1 Å². The van der Waals surface area contributed by atoms with E-state index in [0.29, 0.717) is 18.8 Å². The Labute approximate surface area is 192 Å². The largest absolute Gasteiger partial charge is 0.381 e. The van der Waals surface area contributed by atoms with Crippen LogP contribution >= 0.6 is 0 Å². The normalized spacial score (nSPS) is 25.8.